The minimum Gasteiger partial charge on any atom is -0.400 e. The number of hydrogen-bond acceptors (Lipinski definition) is 4. The van der Waals surface area contributed by atoms with Gasteiger partial charge in [-0.05, 0) is 40.7 Å². The molecule has 0 radical (unpaired) electrons. The molecule has 1 aliphatic rings. The fraction of sp³-hybridized carbons (Fsp3) is 0.571. The van der Waals surface area contributed by atoms with E-state index in [9.17, 15) is 4.79 Å². The number of aromatic amines is 1. The van der Waals surface area contributed by atoms with Gasteiger partial charge in [0.25, 0.3) is 5.91 Å². The Morgan fingerprint density at radius 1 is 1.38 bits per heavy atom. The molecule has 0 saturated carbocycles. The molecule has 1 amide bonds. The summed E-state index contributed by atoms with van der Waals surface area (Å²) in [7, 11) is -0.389. The minimum absolute atomic E-state index is 0.210. The fourth-order valence-corrected chi connectivity index (χ4v) is 1.92. The first-order valence-corrected chi connectivity index (χ1v) is 7.04. The molecule has 2 heterocycles. The van der Waals surface area contributed by atoms with Gasteiger partial charge >= 0.3 is 7.12 Å². The van der Waals surface area contributed by atoms with Gasteiger partial charge in [-0.2, -0.15) is 5.10 Å². The Morgan fingerprint density at radius 2 is 2.00 bits per heavy atom. The highest BCUT2D eigenvalue weighted by Gasteiger charge is 2.49. The Balaban J connectivity index is 1.80. The quantitative estimate of drug-likeness (QED) is 0.827. The normalized spacial score (nSPS) is 20.1. The van der Waals surface area contributed by atoms with Crippen LogP contribution < -0.4 is 5.32 Å². The van der Waals surface area contributed by atoms with Gasteiger partial charge in [0.2, 0.25) is 0 Å². The van der Waals surface area contributed by atoms with Crippen molar-refractivity contribution in [3.8, 4) is 0 Å². The van der Waals surface area contributed by atoms with Crippen molar-refractivity contribution >= 4 is 13.0 Å². The van der Waals surface area contributed by atoms with Crippen molar-refractivity contribution < 1.29 is 14.1 Å². The molecule has 0 aliphatic carbocycles. The van der Waals surface area contributed by atoms with Crippen molar-refractivity contribution in [2.75, 3.05) is 6.54 Å². The third-order valence-corrected chi connectivity index (χ3v) is 3.88. The molecule has 1 aliphatic heterocycles. The molecule has 0 spiro atoms. The lowest BCUT2D eigenvalue weighted by Crippen LogP contribution is -2.41. The summed E-state index contributed by atoms with van der Waals surface area (Å²) in [6.45, 7) is 10.3. The molecule has 114 valence electrons. The van der Waals surface area contributed by atoms with Crippen molar-refractivity contribution in [2.45, 2.75) is 45.8 Å². The number of nitrogens with zero attached hydrogens (tertiary/aromatic N) is 1. The topological polar surface area (TPSA) is 76.2 Å². The zero-order valence-electron chi connectivity index (χ0n) is 13.2. The van der Waals surface area contributed by atoms with E-state index in [2.05, 4.69) is 15.5 Å². The number of hydrogen-bond donors (Lipinski definition) is 2. The van der Waals surface area contributed by atoms with E-state index in [-0.39, 0.29) is 24.2 Å². The molecule has 2 N–H and O–H groups in total. The Hall–Kier alpha value is -1.60. The monoisotopic (exact) mass is 291 g/mol. The summed E-state index contributed by atoms with van der Waals surface area (Å²) in [5.41, 5.74) is 0.541. The van der Waals surface area contributed by atoms with E-state index in [1.807, 2.05) is 46.7 Å². The highest BCUT2D eigenvalue weighted by molar-refractivity contribution is 6.51. The molecule has 7 heteroatoms. The van der Waals surface area contributed by atoms with E-state index < -0.39 is 0 Å². The van der Waals surface area contributed by atoms with Gasteiger partial charge in [-0.25, -0.2) is 0 Å². The molecule has 0 unspecified atom stereocenters. The second-order valence-electron chi connectivity index (χ2n) is 6.20. The summed E-state index contributed by atoms with van der Waals surface area (Å²) < 4.78 is 11.6. The summed E-state index contributed by atoms with van der Waals surface area (Å²) in [6, 6.07) is 1.70. The lowest BCUT2D eigenvalue weighted by atomic mass is 9.90. The predicted octanol–water partition coefficient (Wildman–Crippen LogP) is 1.64. The summed E-state index contributed by atoms with van der Waals surface area (Å²) in [4.78, 5) is 11.8. The number of H-pyrrole nitrogens is 1. The lowest BCUT2D eigenvalue weighted by molar-refractivity contribution is 0.00578. The first-order valence-electron chi connectivity index (χ1n) is 7.04. The van der Waals surface area contributed by atoms with Crippen LogP contribution in [0.5, 0.6) is 0 Å². The molecule has 1 aromatic rings. The van der Waals surface area contributed by atoms with Crippen molar-refractivity contribution in [3.05, 3.63) is 29.5 Å². The van der Waals surface area contributed by atoms with Gasteiger partial charge in [0.1, 0.15) is 5.69 Å². The largest absolute Gasteiger partial charge is 0.486 e. The molecular weight excluding hydrogens is 269 g/mol. The van der Waals surface area contributed by atoms with Crippen LogP contribution in [0, 0.1) is 6.92 Å². The number of nitrogens with one attached hydrogen (secondary N) is 2. The molecule has 0 bridgehead atoms. The zero-order chi connectivity index (χ0) is 15.7. The highest BCUT2D eigenvalue weighted by atomic mass is 16.7. The molecular formula is C14H22BN3O3. The molecule has 1 fully saturated rings. The first kappa shape index (κ1) is 15.8. The standard InChI is InChI=1S/C14H22BN3O3/c1-10-9-11(18-17-10)12(19)16-8-6-7-15-20-13(2,3)14(4,5)21-15/h6-7,9H,8H2,1-5H3,(H,16,19)(H,17,18)/b7-6+. The number of aromatic nitrogens is 2. The summed E-state index contributed by atoms with van der Waals surface area (Å²) in [6.07, 6.45) is 1.82. The first-order chi connectivity index (χ1) is 9.71. The third-order valence-electron chi connectivity index (χ3n) is 3.88. The lowest BCUT2D eigenvalue weighted by Gasteiger charge is -2.32. The van der Waals surface area contributed by atoms with Crippen molar-refractivity contribution in [2.24, 2.45) is 0 Å². The van der Waals surface area contributed by atoms with Gasteiger partial charge < -0.3 is 14.6 Å². The number of amides is 1. The fourth-order valence-electron chi connectivity index (χ4n) is 1.92. The molecule has 21 heavy (non-hydrogen) atoms. The molecule has 0 atom stereocenters. The summed E-state index contributed by atoms with van der Waals surface area (Å²) in [5, 5.41) is 9.39. The van der Waals surface area contributed by atoms with Crippen molar-refractivity contribution in [1.29, 1.82) is 0 Å². The van der Waals surface area contributed by atoms with Gasteiger partial charge in [0.15, 0.2) is 0 Å². The van der Waals surface area contributed by atoms with Crippen LogP contribution in [0.4, 0.5) is 0 Å². The predicted molar refractivity (Wildman–Crippen MR) is 80.9 cm³/mol. The van der Waals surface area contributed by atoms with Crippen molar-refractivity contribution in [3.63, 3.8) is 0 Å². The van der Waals surface area contributed by atoms with Crippen LogP contribution >= 0.6 is 0 Å². The van der Waals surface area contributed by atoms with E-state index >= 15 is 0 Å². The summed E-state index contributed by atoms with van der Waals surface area (Å²) >= 11 is 0. The molecule has 1 aromatic heterocycles. The number of carbonyl (C=O) groups excluding carboxylic acids is 1. The van der Waals surface area contributed by atoms with Crippen LogP contribution in [0.2, 0.25) is 0 Å². The average molecular weight is 291 g/mol. The number of rotatable bonds is 4. The van der Waals surface area contributed by atoms with E-state index in [0.717, 1.165) is 5.69 Å². The van der Waals surface area contributed by atoms with Crippen molar-refractivity contribution in [1.82, 2.24) is 15.5 Å². The van der Waals surface area contributed by atoms with Gasteiger partial charge in [0.05, 0.1) is 11.2 Å². The van der Waals surface area contributed by atoms with E-state index in [0.29, 0.717) is 12.2 Å². The maximum absolute atomic E-state index is 11.8. The maximum atomic E-state index is 11.8. The van der Waals surface area contributed by atoms with Crippen LogP contribution in [0.25, 0.3) is 0 Å². The minimum atomic E-state index is -0.389. The van der Waals surface area contributed by atoms with Gasteiger partial charge in [0, 0.05) is 12.2 Å². The Kier molecular flexibility index (Phi) is 4.25. The number of aryl methyl sites for hydroxylation is 1. The third kappa shape index (κ3) is 3.54. The maximum Gasteiger partial charge on any atom is 0.486 e. The van der Waals surface area contributed by atoms with E-state index in [1.165, 1.54) is 0 Å². The van der Waals surface area contributed by atoms with E-state index in [4.69, 9.17) is 9.31 Å². The van der Waals surface area contributed by atoms with Crippen LogP contribution in [0.1, 0.15) is 43.9 Å². The second-order valence-corrected chi connectivity index (χ2v) is 6.20. The Morgan fingerprint density at radius 3 is 2.52 bits per heavy atom. The Labute approximate surface area is 125 Å². The molecule has 6 nitrogen and oxygen atoms in total. The number of carbonyl (C=O) groups is 1. The van der Waals surface area contributed by atoms with Crippen LogP contribution in [0.3, 0.4) is 0 Å². The van der Waals surface area contributed by atoms with Crippen LogP contribution in [-0.2, 0) is 9.31 Å². The van der Waals surface area contributed by atoms with Gasteiger partial charge in [-0.15, -0.1) is 0 Å². The van der Waals surface area contributed by atoms with Gasteiger partial charge in [-0.1, -0.05) is 12.1 Å². The van der Waals surface area contributed by atoms with Crippen LogP contribution in [-0.4, -0.2) is 41.0 Å². The van der Waals surface area contributed by atoms with Crippen LogP contribution in [0.15, 0.2) is 18.1 Å². The Bertz CT molecular complexity index is 535. The zero-order valence-corrected chi connectivity index (χ0v) is 13.2. The average Bonchev–Trinajstić information content (AvgIpc) is 2.87. The highest BCUT2D eigenvalue weighted by Crippen LogP contribution is 2.36. The van der Waals surface area contributed by atoms with Gasteiger partial charge in [-0.3, -0.25) is 9.89 Å². The molecule has 2 rings (SSSR count). The smallest absolute Gasteiger partial charge is 0.400 e. The molecule has 1 saturated heterocycles. The molecule has 0 aromatic carbocycles. The second kappa shape index (κ2) is 5.65. The van der Waals surface area contributed by atoms with E-state index in [1.54, 1.807) is 6.07 Å². The SMILES string of the molecule is Cc1cc(C(=O)NC/C=C/B2OC(C)(C)C(C)(C)O2)n[nH]1. The summed E-state index contributed by atoms with van der Waals surface area (Å²) in [5.74, 6) is 1.60.